The minimum atomic E-state index is -0.126. The maximum Gasteiger partial charge on any atom is 0.261 e. The summed E-state index contributed by atoms with van der Waals surface area (Å²) >= 11 is 6.09. The zero-order valence-corrected chi connectivity index (χ0v) is 15.8. The zero-order chi connectivity index (χ0) is 19.5. The van der Waals surface area contributed by atoms with Crippen molar-refractivity contribution in [3.63, 3.8) is 0 Å². The molecule has 0 aliphatic rings. The second-order valence-electron chi connectivity index (χ2n) is 6.40. The van der Waals surface area contributed by atoms with Crippen LogP contribution >= 0.6 is 11.6 Å². The maximum absolute atomic E-state index is 13.2. The summed E-state index contributed by atoms with van der Waals surface area (Å²) < 4.78 is 6.99. The number of nitrogens with two attached hydrogens (primary N) is 1. The first kappa shape index (κ1) is 18.2. The Bertz CT molecular complexity index is 1210. The van der Waals surface area contributed by atoms with Crippen LogP contribution in [0, 0.1) is 0 Å². The van der Waals surface area contributed by atoms with E-state index in [2.05, 4.69) is 4.98 Å². The largest absolute Gasteiger partial charge is 0.465 e. The van der Waals surface area contributed by atoms with Gasteiger partial charge in [-0.1, -0.05) is 35.9 Å². The van der Waals surface area contributed by atoms with Crippen LogP contribution in [0.5, 0.6) is 0 Å². The lowest BCUT2D eigenvalue weighted by Crippen LogP contribution is -2.24. The monoisotopic (exact) mass is 391 g/mol. The van der Waals surface area contributed by atoms with Crippen LogP contribution in [0.4, 0.5) is 0 Å². The average molecular weight is 392 g/mol. The molecular formula is C22H18ClN3O2. The van der Waals surface area contributed by atoms with E-state index in [1.165, 1.54) is 0 Å². The Labute approximate surface area is 166 Å². The van der Waals surface area contributed by atoms with Crippen LogP contribution in [0.15, 0.2) is 70.1 Å². The molecule has 0 unspecified atom stereocenters. The van der Waals surface area contributed by atoms with Crippen molar-refractivity contribution in [3.8, 4) is 0 Å². The second-order valence-corrected chi connectivity index (χ2v) is 6.83. The first-order valence-corrected chi connectivity index (χ1v) is 9.21. The quantitative estimate of drug-likeness (QED) is 0.549. The Morgan fingerprint density at radius 3 is 2.71 bits per heavy atom. The summed E-state index contributed by atoms with van der Waals surface area (Å²) in [4.78, 5) is 17.8. The fourth-order valence-electron chi connectivity index (χ4n) is 3.07. The molecule has 2 aromatic carbocycles. The normalized spacial score (nSPS) is 11.5. The predicted molar refractivity (Wildman–Crippen MR) is 112 cm³/mol. The third-order valence-corrected chi connectivity index (χ3v) is 4.69. The highest BCUT2D eigenvalue weighted by Gasteiger charge is 2.11. The maximum atomic E-state index is 13.2. The fourth-order valence-corrected chi connectivity index (χ4v) is 3.24. The topological polar surface area (TPSA) is 74.1 Å². The lowest BCUT2D eigenvalue weighted by atomic mass is 10.1. The van der Waals surface area contributed by atoms with Gasteiger partial charge in [-0.25, -0.2) is 4.98 Å². The Kier molecular flexibility index (Phi) is 5.10. The van der Waals surface area contributed by atoms with Crippen LogP contribution in [-0.4, -0.2) is 9.55 Å². The molecule has 4 rings (SSSR count). The number of furan rings is 1. The van der Waals surface area contributed by atoms with Gasteiger partial charge < -0.3 is 10.2 Å². The van der Waals surface area contributed by atoms with Gasteiger partial charge in [0.05, 0.1) is 23.7 Å². The van der Waals surface area contributed by atoms with Gasteiger partial charge in [-0.15, -0.1) is 0 Å². The molecule has 0 saturated heterocycles. The minimum Gasteiger partial charge on any atom is -0.465 e. The van der Waals surface area contributed by atoms with Gasteiger partial charge in [0.25, 0.3) is 5.56 Å². The van der Waals surface area contributed by atoms with E-state index in [1.54, 1.807) is 47.2 Å². The third kappa shape index (κ3) is 3.76. The van der Waals surface area contributed by atoms with Crippen LogP contribution in [-0.2, 0) is 13.1 Å². The molecule has 0 saturated carbocycles. The molecule has 0 bridgehead atoms. The molecule has 0 spiro atoms. The summed E-state index contributed by atoms with van der Waals surface area (Å²) in [6.07, 6.45) is 5.15. The number of nitrogens with zero attached hydrogens (tertiary/aromatic N) is 2. The van der Waals surface area contributed by atoms with E-state index >= 15 is 0 Å². The van der Waals surface area contributed by atoms with Crippen LogP contribution in [0.25, 0.3) is 23.1 Å². The summed E-state index contributed by atoms with van der Waals surface area (Å²) in [6, 6.07) is 16.6. The molecule has 6 heteroatoms. The Morgan fingerprint density at radius 1 is 1.07 bits per heavy atom. The molecule has 140 valence electrons. The molecule has 2 aromatic heterocycles. The van der Waals surface area contributed by atoms with Crippen LogP contribution < -0.4 is 11.3 Å². The van der Waals surface area contributed by atoms with Crippen molar-refractivity contribution in [1.82, 2.24) is 9.55 Å². The van der Waals surface area contributed by atoms with E-state index < -0.39 is 0 Å². The standard InChI is InChI=1S/C22H18ClN3O2/c23-17-6-8-19-20(12-17)25-21(9-7-18-5-2-10-28-18)26(22(19)27)14-16-4-1-3-15(11-16)13-24/h1-12H,13-14,24H2/b9-7+. The van der Waals surface area contributed by atoms with Gasteiger partial charge in [0, 0.05) is 11.6 Å². The molecule has 28 heavy (non-hydrogen) atoms. The molecule has 0 aliphatic heterocycles. The molecule has 4 aromatic rings. The minimum absolute atomic E-state index is 0.126. The van der Waals surface area contributed by atoms with Crippen molar-refractivity contribution in [3.05, 3.63) is 98.9 Å². The number of halogens is 1. The molecule has 0 fully saturated rings. The summed E-state index contributed by atoms with van der Waals surface area (Å²) in [5, 5.41) is 1.06. The van der Waals surface area contributed by atoms with Crippen molar-refractivity contribution < 1.29 is 4.42 Å². The zero-order valence-electron chi connectivity index (χ0n) is 15.0. The van der Waals surface area contributed by atoms with Gasteiger partial charge in [-0.05, 0) is 53.6 Å². The van der Waals surface area contributed by atoms with Gasteiger partial charge in [-0.2, -0.15) is 0 Å². The Hall–Kier alpha value is -3.15. The van der Waals surface area contributed by atoms with Gasteiger partial charge in [0.15, 0.2) is 0 Å². The molecule has 2 heterocycles. The van der Waals surface area contributed by atoms with Gasteiger partial charge >= 0.3 is 0 Å². The highest BCUT2D eigenvalue weighted by Crippen LogP contribution is 2.17. The van der Waals surface area contributed by atoms with Crippen molar-refractivity contribution in [2.24, 2.45) is 5.73 Å². The van der Waals surface area contributed by atoms with E-state index in [0.29, 0.717) is 40.6 Å². The number of hydrogen-bond donors (Lipinski definition) is 1. The van der Waals surface area contributed by atoms with E-state index in [9.17, 15) is 4.79 Å². The predicted octanol–water partition coefficient (Wildman–Crippen LogP) is 4.32. The number of benzene rings is 2. The van der Waals surface area contributed by atoms with Crippen LogP contribution in [0.1, 0.15) is 22.7 Å². The molecule has 0 atom stereocenters. The number of aromatic nitrogens is 2. The lowest BCUT2D eigenvalue weighted by molar-refractivity contribution is 0.557. The van der Waals surface area contributed by atoms with Crippen LogP contribution in [0.3, 0.4) is 0 Å². The van der Waals surface area contributed by atoms with Gasteiger partial charge in [-0.3, -0.25) is 9.36 Å². The smallest absolute Gasteiger partial charge is 0.261 e. The number of rotatable bonds is 5. The van der Waals surface area contributed by atoms with Crippen LogP contribution in [0.2, 0.25) is 5.02 Å². The van der Waals surface area contributed by atoms with Crippen molar-refractivity contribution >= 4 is 34.7 Å². The van der Waals surface area contributed by atoms with E-state index in [1.807, 2.05) is 30.3 Å². The molecule has 2 N–H and O–H groups in total. The second kappa shape index (κ2) is 7.84. The molecule has 5 nitrogen and oxygen atoms in total. The SMILES string of the molecule is NCc1cccc(Cn2c(/C=C/c3ccco3)nc3cc(Cl)ccc3c2=O)c1. The van der Waals surface area contributed by atoms with Gasteiger partial charge in [0.1, 0.15) is 11.6 Å². The van der Waals surface area contributed by atoms with E-state index in [0.717, 1.165) is 11.1 Å². The summed E-state index contributed by atoms with van der Waals surface area (Å²) in [5.41, 5.74) is 8.17. The number of fused-ring (bicyclic) bond motifs is 1. The van der Waals surface area contributed by atoms with Gasteiger partial charge in [0.2, 0.25) is 0 Å². The molecular weight excluding hydrogens is 374 g/mol. The highest BCUT2D eigenvalue weighted by atomic mass is 35.5. The highest BCUT2D eigenvalue weighted by molar-refractivity contribution is 6.31. The summed E-state index contributed by atoms with van der Waals surface area (Å²) in [6.45, 7) is 0.832. The van der Waals surface area contributed by atoms with Crippen molar-refractivity contribution in [2.75, 3.05) is 0 Å². The fraction of sp³-hybridized carbons (Fsp3) is 0.0909. The average Bonchev–Trinajstić information content (AvgIpc) is 3.22. The van der Waals surface area contributed by atoms with Crippen molar-refractivity contribution in [1.29, 1.82) is 0 Å². The Morgan fingerprint density at radius 2 is 1.93 bits per heavy atom. The third-order valence-electron chi connectivity index (χ3n) is 4.45. The molecule has 0 radical (unpaired) electrons. The van der Waals surface area contributed by atoms with E-state index in [-0.39, 0.29) is 5.56 Å². The molecule has 0 aliphatic carbocycles. The number of hydrogen-bond acceptors (Lipinski definition) is 4. The first-order chi connectivity index (χ1) is 13.6. The lowest BCUT2D eigenvalue weighted by Gasteiger charge is -2.12. The Balaban J connectivity index is 1.86. The molecule has 0 amide bonds. The van der Waals surface area contributed by atoms with Crippen molar-refractivity contribution in [2.45, 2.75) is 13.1 Å². The first-order valence-electron chi connectivity index (χ1n) is 8.83. The van der Waals surface area contributed by atoms with E-state index in [4.69, 9.17) is 21.8 Å². The summed E-state index contributed by atoms with van der Waals surface area (Å²) in [7, 11) is 0. The summed E-state index contributed by atoms with van der Waals surface area (Å²) in [5.74, 6) is 1.20.